The predicted molar refractivity (Wildman–Crippen MR) is 70.3 cm³/mol. The van der Waals surface area contributed by atoms with Crippen LogP contribution in [-0.4, -0.2) is 17.9 Å². The second-order valence-corrected chi connectivity index (χ2v) is 3.98. The van der Waals surface area contributed by atoms with Crippen molar-refractivity contribution in [2.24, 2.45) is 0 Å². The Labute approximate surface area is 110 Å². The lowest BCUT2D eigenvalue weighted by molar-refractivity contribution is -0.137. The fourth-order valence-electron chi connectivity index (χ4n) is 1.24. The number of halogens is 1. The van der Waals surface area contributed by atoms with Gasteiger partial charge in [0, 0.05) is 0 Å². The number of benzene rings is 1. The van der Waals surface area contributed by atoms with E-state index in [0.717, 1.165) is 5.56 Å². The van der Waals surface area contributed by atoms with E-state index in [1.165, 1.54) is 6.08 Å². The van der Waals surface area contributed by atoms with Gasteiger partial charge in [-0.15, -0.1) is 0 Å². The minimum atomic E-state index is -0.394. The molecule has 1 rings (SSSR count). The molecule has 0 spiro atoms. The van der Waals surface area contributed by atoms with Crippen LogP contribution in [0.15, 0.2) is 36.1 Å². The van der Waals surface area contributed by atoms with Gasteiger partial charge in [0.15, 0.2) is 0 Å². The Morgan fingerprint density at radius 3 is 2.82 bits per heavy atom. The first kappa shape index (κ1) is 13.8. The van der Waals surface area contributed by atoms with Crippen LogP contribution in [0.2, 0.25) is 0 Å². The molecule has 0 saturated carbocycles. The van der Waals surface area contributed by atoms with E-state index < -0.39 is 5.97 Å². The molecule has 4 heteroatoms. The smallest absolute Gasteiger partial charge is 0.334 e. The molecule has 0 heterocycles. The average molecular weight is 299 g/mol. The van der Waals surface area contributed by atoms with Crippen molar-refractivity contribution in [2.45, 2.75) is 13.8 Å². The molecule has 17 heavy (non-hydrogen) atoms. The molecule has 0 aliphatic carbocycles. The van der Waals surface area contributed by atoms with Gasteiger partial charge < -0.3 is 9.47 Å². The Hall–Kier alpha value is -1.29. The number of rotatable bonds is 5. The van der Waals surface area contributed by atoms with Gasteiger partial charge in [0.1, 0.15) is 11.5 Å². The van der Waals surface area contributed by atoms with Crippen molar-refractivity contribution in [3.05, 3.63) is 41.7 Å². The minimum Gasteiger partial charge on any atom is -0.463 e. The molecule has 0 bridgehead atoms. The zero-order valence-electron chi connectivity index (χ0n) is 9.90. The van der Waals surface area contributed by atoms with Gasteiger partial charge in [-0.25, -0.2) is 4.79 Å². The van der Waals surface area contributed by atoms with E-state index in [0.29, 0.717) is 23.4 Å². The molecule has 3 nitrogen and oxygen atoms in total. The Kier molecular flexibility index (Phi) is 5.77. The number of alkyl halides is 1. The van der Waals surface area contributed by atoms with Gasteiger partial charge in [-0.1, -0.05) is 28.1 Å². The van der Waals surface area contributed by atoms with Gasteiger partial charge in [-0.05, 0) is 31.5 Å². The zero-order chi connectivity index (χ0) is 12.7. The molecule has 0 unspecified atom stereocenters. The molecule has 0 saturated heterocycles. The van der Waals surface area contributed by atoms with Gasteiger partial charge in [-0.3, -0.25) is 0 Å². The molecule has 0 aliphatic heterocycles. The topological polar surface area (TPSA) is 35.5 Å². The summed E-state index contributed by atoms with van der Waals surface area (Å²) in [6.07, 6.45) is 1.35. The average Bonchev–Trinajstić information content (AvgIpc) is 2.28. The van der Waals surface area contributed by atoms with Crippen LogP contribution in [0.1, 0.15) is 12.5 Å². The van der Waals surface area contributed by atoms with E-state index in [9.17, 15) is 4.79 Å². The summed E-state index contributed by atoms with van der Waals surface area (Å²) < 4.78 is 10.4. The molecule has 0 aliphatic rings. The highest BCUT2D eigenvalue weighted by molar-refractivity contribution is 9.09. The van der Waals surface area contributed by atoms with E-state index in [1.54, 1.807) is 6.92 Å². The molecule has 1 aromatic carbocycles. The van der Waals surface area contributed by atoms with Crippen LogP contribution in [0.25, 0.3) is 0 Å². The highest BCUT2D eigenvalue weighted by atomic mass is 79.9. The van der Waals surface area contributed by atoms with E-state index in [1.807, 2.05) is 31.2 Å². The molecule has 0 radical (unpaired) electrons. The quantitative estimate of drug-likeness (QED) is 0.362. The third kappa shape index (κ3) is 5.04. The van der Waals surface area contributed by atoms with E-state index in [2.05, 4.69) is 15.9 Å². The van der Waals surface area contributed by atoms with Crippen molar-refractivity contribution < 1.29 is 14.3 Å². The minimum absolute atomic E-state index is 0.356. The monoisotopic (exact) mass is 298 g/mol. The fourth-order valence-corrected chi connectivity index (χ4v) is 1.52. The zero-order valence-corrected chi connectivity index (χ0v) is 11.5. The summed E-state index contributed by atoms with van der Waals surface area (Å²) >= 11 is 3.27. The van der Waals surface area contributed by atoms with Crippen LogP contribution in [0.3, 0.4) is 0 Å². The van der Waals surface area contributed by atoms with Gasteiger partial charge in [0.2, 0.25) is 0 Å². The van der Waals surface area contributed by atoms with Crippen LogP contribution in [0.4, 0.5) is 0 Å². The third-order valence-electron chi connectivity index (χ3n) is 1.94. The van der Waals surface area contributed by atoms with Crippen LogP contribution in [0.5, 0.6) is 5.75 Å². The number of esters is 1. The fraction of sp³-hybridized carbons (Fsp3) is 0.308. The number of carbonyl (C=O) groups excluding carboxylic acids is 1. The third-order valence-corrected chi connectivity index (χ3v) is 2.49. The van der Waals surface area contributed by atoms with Crippen LogP contribution < -0.4 is 4.74 Å². The molecule has 92 valence electrons. The molecule has 1 aromatic rings. The number of allylic oxidation sites excluding steroid dienone is 1. The second-order valence-electron chi connectivity index (χ2n) is 3.41. The van der Waals surface area contributed by atoms with Crippen LogP contribution >= 0.6 is 15.9 Å². The van der Waals surface area contributed by atoms with Crippen molar-refractivity contribution >= 4 is 21.9 Å². The summed E-state index contributed by atoms with van der Waals surface area (Å²) in [4.78, 5) is 11.3. The molecule has 0 amide bonds. The second kappa shape index (κ2) is 7.12. The summed E-state index contributed by atoms with van der Waals surface area (Å²) in [5.41, 5.74) is 1.10. The van der Waals surface area contributed by atoms with E-state index >= 15 is 0 Å². The van der Waals surface area contributed by atoms with Crippen LogP contribution in [0, 0.1) is 6.92 Å². The van der Waals surface area contributed by atoms with Crippen molar-refractivity contribution in [1.29, 1.82) is 0 Å². The highest BCUT2D eigenvalue weighted by Gasteiger charge is 2.04. The summed E-state index contributed by atoms with van der Waals surface area (Å²) in [5.74, 6) is 0.837. The van der Waals surface area contributed by atoms with Gasteiger partial charge in [-0.2, -0.15) is 0 Å². The molecular formula is C13H15BrO3. The molecule has 0 aromatic heterocycles. The summed E-state index contributed by atoms with van der Waals surface area (Å²) in [6, 6.07) is 7.63. The van der Waals surface area contributed by atoms with Crippen molar-refractivity contribution in [1.82, 2.24) is 0 Å². The first-order chi connectivity index (χ1) is 8.15. The normalized spacial score (nSPS) is 11.1. The molecule has 0 fully saturated rings. The van der Waals surface area contributed by atoms with Gasteiger partial charge in [0.25, 0.3) is 0 Å². The Morgan fingerprint density at radius 2 is 2.24 bits per heavy atom. The Bertz CT molecular complexity index is 413. The lowest BCUT2D eigenvalue weighted by atomic mass is 10.2. The van der Waals surface area contributed by atoms with Crippen LogP contribution in [-0.2, 0) is 9.53 Å². The summed E-state index contributed by atoms with van der Waals surface area (Å²) in [7, 11) is 0. The summed E-state index contributed by atoms with van der Waals surface area (Å²) in [6.45, 7) is 4.10. The lowest BCUT2D eigenvalue weighted by Crippen LogP contribution is -2.05. The largest absolute Gasteiger partial charge is 0.463 e. The maximum absolute atomic E-state index is 11.3. The number of hydrogen-bond donors (Lipinski definition) is 0. The van der Waals surface area contributed by atoms with Gasteiger partial charge in [0.05, 0.1) is 18.0 Å². The highest BCUT2D eigenvalue weighted by Crippen LogP contribution is 2.16. The maximum atomic E-state index is 11.3. The number of hydrogen-bond acceptors (Lipinski definition) is 3. The van der Waals surface area contributed by atoms with Crippen molar-refractivity contribution in [3.8, 4) is 5.75 Å². The SMILES string of the molecule is CCOC(=O)C=C(CBr)Oc1cccc(C)c1. The standard InChI is InChI=1S/C13H15BrO3/c1-3-16-13(15)8-12(9-14)17-11-6-4-5-10(2)7-11/h4-8H,3,9H2,1-2H3. The number of ether oxygens (including phenoxy) is 2. The van der Waals surface area contributed by atoms with Crippen molar-refractivity contribution in [2.75, 3.05) is 11.9 Å². The molecule has 0 atom stereocenters. The van der Waals surface area contributed by atoms with E-state index in [-0.39, 0.29) is 0 Å². The Balaban J connectivity index is 2.73. The lowest BCUT2D eigenvalue weighted by Gasteiger charge is -2.08. The molecular weight excluding hydrogens is 284 g/mol. The number of aryl methyl sites for hydroxylation is 1. The predicted octanol–water partition coefficient (Wildman–Crippen LogP) is 3.22. The Morgan fingerprint density at radius 1 is 1.47 bits per heavy atom. The summed E-state index contributed by atoms with van der Waals surface area (Å²) in [5, 5.41) is 0.458. The van der Waals surface area contributed by atoms with Gasteiger partial charge >= 0.3 is 5.97 Å². The van der Waals surface area contributed by atoms with Crippen molar-refractivity contribution in [3.63, 3.8) is 0 Å². The molecule has 0 N–H and O–H groups in total. The first-order valence-corrected chi connectivity index (χ1v) is 6.45. The number of carbonyl (C=O) groups is 1. The van der Waals surface area contributed by atoms with E-state index in [4.69, 9.17) is 9.47 Å². The maximum Gasteiger partial charge on any atom is 0.334 e. The first-order valence-electron chi connectivity index (χ1n) is 5.33.